The number of hydrogen-bond donors (Lipinski definition) is 2. The number of carboxylic acids is 1. The van der Waals surface area contributed by atoms with E-state index in [9.17, 15) is 9.90 Å². The Balaban J connectivity index is 3.25. The zero-order chi connectivity index (χ0) is 13.9. The molecule has 1 atom stereocenters. The average molecular weight is 250 g/mol. The largest absolute Gasteiger partial charge is 0.481 e. The number of carbonyl (C=O) groups is 1. The van der Waals surface area contributed by atoms with Crippen molar-refractivity contribution in [3.63, 3.8) is 0 Å². The van der Waals surface area contributed by atoms with Gasteiger partial charge in [0.05, 0.1) is 5.92 Å². The highest BCUT2D eigenvalue weighted by molar-refractivity contribution is 5.76. The molecule has 0 aliphatic rings. The fourth-order valence-corrected chi connectivity index (χ4v) is 2.02. The maximum atomic E-state index is 11.3. The van der Waals surface area contributed by atoms with Crippen molar-refractivity contribution in [2.24, 2.45) is 0 Å². The molecule has 0 saturated carbocycles. The third-order valence-electron chi connectivity index (χ3n) is 3.24. The zero-order valence-corrected chi connectivity index (χ0v) is 11.5. The molecule has 0 heterocycles. The smallest absolute Gasteiger partial charge is 0.311 e. The van der Waals surface area contributed by atoms with Gasteiger partial charge in [-0.2, -0.15) is 0 Å². The number of aliphatic hydroxyl groups excluding tert-OH is 1. The summed E-state index contributed by atoms with van der Waals surface area (Å²) in [4.78, 5) is 11.3. The molecule has 0 spiro atoms. The Bertz CT molecular complexity index is 430. The summed E-state index contributed by atoms with van der Waals surface area (Å²) in [7, 11) is 0. The van der Waals surface area contributed by atoms with Crippen molar-refractivity contribution in [2.45, 2.75) is 45.4 Å². The molecule has 1 aromatic carbocycles. The van der Waals surface area contributed by atoms with E-state index in [0.717, 1.165) is 16.7 Å². The molecule has 0 aliphatic carbocycles. The topological polar surface area (TPSA) is 57.5 Å². The maximum Gasteiger partial charge on any atom is 0.311 e. The standard InChI is InChI=1S/C15H22O3/c1-10-5-6-11(15(2,3)4)9-13(10)12(7-8-16)14(17)18/h5-6,9,12,16H,7-8H2,1-4H3,(H,17,18). The van der Waals surface area contributed by atoms with Crippen molar-refractivity contribution in [1.82, 2.24) is 0 Å². The molecule has 3 nitrogen and oxygen atoms in total. The fourth-order valence-electron chi connectivity index (χ4n) is 2.02. The number of rotatable bonds is 4. The molecule has 1 unspecified atom stereocenters. The van der Waals surface area contributed by atoms with E-state index in [0.29, 0.717) is 0 Å². The molecule has 0 amide bonds. The Labute approximate surface area is 108 Å². The first kappa shape index (κ1) is 14.7. The second-order valence-electron chi connectivity index (χ2n) is 5.72. The van der Waals surface area contributed by atoms with Crippen LogP contribution in [0.4, 0.5) is 0 Å². The van der Waals surface area contributed by atoms with Crippen molar-refractivity contribution in [3.05, 3.63) is 34.9 Å². The van der Waals surface area contributed by atoms with Gasteiger partial charge in [0.1, 0.15) is 0 Å². The van der Waals surface area contributed by atoms with Gasteiger partial charge in [0.2, 0.25) is 0 Å². The molecule has 100 valence electrons. The lowest BCUT2D eigenvalue weighted by Gasteiger charge is -2.22. The molecule has 0 radical (unpaired) electrons. The molecule has 0 saturated heterocycles. The first-order chi connectivity index (χ1) is 8.27. The number of aryl methyl sites for hydroxylation is 1. The van der Waals surface area contributed by atoms with E-state index in [1.54, 1.807) is 0 Å². The predicted octanol–water partition coefficient (Wildman–Crippen LogP) is 2.84. The summed E-state index contributed by atoms with van der Waals surface area (Å²) in [5, 5.41) is 18.3. The molecule has 0 bridgehead atoms. The highest BCUT2D eigenvalue weighted by atomic mass is 16.4. The van der Waals surface area contributed by atoms with E-state index < -0.39 is 11.9 Å². The summed E-state index contributed by atoms with van der Waals surface area (Å²) in [6.07, 6.45) is 0.254. The van der Waals surface area contributed by atoms with E-state index in [-0.39, 0.29) is 18.4 Å². The Morgan fingerprint density at radius 3 is 2.39 bits per heavy atom. The molecule has 1 rings (SSSR count). The summed E-state index contributed by atoms with van der Waals surface area (Å²) in [6, 6.07) is 5.96. The van der Waals surface area contributed by atoms with Gasteiger partial charge in [0.15, 0.2) is 0 Å². The van der Waals surface area contributed by atoms with Gasteiger partial charge in [-0.25, -0.2) is 0 Å². The Morgan fingerprint density at radius 2 is 1.94 bits per heavy atom. The third-order valence-corrected chi connectivity index (χ3v) is 3.24. The summed E-state index contributed by atoms with van der Waals surface area (Å²) in [6.45, 7) is 8.10. The molecular weight excluding hydrogens is 228 g/mol. The highest BCUT2D eigenvalue weighted by Gasteiger charge is 2.23. The average Bonchev–Trinajstić information content (AvgIpc) is 2.25. The van der Waals surface area contributed by atoms with E-state index in [2.05, 4.69) is 20.8 Å². The summed E-state index contributed by atoms with van der Waals surface area (Å²) in [5.41, 5.74) is 2.88. The van der Waals surface area contributed by atoms with Crippen LogP contribution in [-0.2, 0) is 10.2 Å². The Morgan fingerprint density at radius 1 is 1.33 bits per heavy atom. The van der Waals surface area contributed by atoms with Gasteiger partial charge in [-0.05, 0) is 35.4 Å². The van der Waals surface area contributed by atoms with Crippen molar-refractivity contribution in [3.8, 4) is 0 Å². The second-order valence-corrected chi connectivity index (χ2v) is 5.72. The van der Waals surface area contributed by atoms with Gasteiger partial charge >= 0.3 is 5.97 Å². The minimum absolute atomic E-state index is 0.00921. The van der Waals surface area contributed by atoms with Crippen LogP contribution in [0.2, 0.25) is 0 Å². The monoisotopic (exact) mass is 250 g/mol. The first-order valence-corrected chi connectivity index (χ1v) is 6.22. The third kappa shape index (κ3) is 3.33. The van der Waals surface area contributed by atoms with Crippen LogP contribution >= 0.6 is 0 Å². The van der Waals surface area contributed by atoms with Gasteiger partial charge in [0.25, 0.3) is 0 Å². The minimum Gasteiger partial charge on any atom is -0.481 e. The molecule has 2 N–H and O–H groups in total. The number of aliphatic hydroxyl groups is 1. The highest BCUT2D eigenvalue weighted by Crippen LogP contribution is 2.29. The molecule has 3 heteroatoms. The van der Waals surface area contributed by atoms with Crippen LogP contribution in [-0.4, -0.2) is 22.8 Å². The minimum atomic E-state index is -0.877. The molecule has 18 heavy (non-hydrogen) atoms. The SMILES string of the molecule is Cc1ccc(C(C)(C)C)cc1C(CCO)C(=O)O. The van der Waals surface area contributed by atoms with Crippen LogP contribution in [0, 0.1) is 6.92 Å². The Hall–Kier alpha value is -1.35. The van der Waals surface area contributed by atoms with Crippen molar-refractivity contribution < 1.29 is 15.0 Å². The summed E-state index contributed by atoms with van der Waals surface area (Å²) >= 11 is 0. The van der Waals surface area contributed by atoms with Gasteiger partial charge in [0, 0.05) is 6.61 Å². The quantitative estimate of drug-likeness (QED) is 0.864. The van der Waals surface area contributed by atoms with Crippen molar-refractivity contribution >= 4 is 5.97 Å². The molecule has 0 fully saturated rings. The van der Waals surface area contributed by atoms with Crippen molar-refractivity contribution in [1.29, 1.82) is 0 Å². The van der Waals surface area contributed by atoms with Crippen LogP contribution in [0.5, 0.6) is 0 Å². The van der Waals surface area contributed by atoms with Crippen LogP contribution in [0.25, 0.3) is 0 Å². The molecule has 0 aromatic heterocycles. The predicted molar refractivity (Wildman–Crippen MR) is 72.0 cm³/mol. The maximum absolute atomic E-state index is 11.3. The van der Waals surface area contributed by atoms with Crippen LogP contribution in [0.1, 0.15) is 49.8 Å². The van der Waals surface area contributed by atoms with E-state index in [4.69, 9.17) is 5.11 Å². The number of hydrogen-bond acceptors (Lipinski definition) is 2. The second kappa shape index (κ2) is 5.53. The number of aliphatic carboxylic acids is 1. The molecule has 0 aliphatic heterocycles. The van der Waals surface area contributed by atoms with E-state index >= 15 is 0 Å². The van der Waals surface area contributed by atoms with E-state index in [1.165, 1.54) is 0 Å². The van der Waals surface area contributed by atoms with Gasteiger partial charge in [-0.3, -0.25) is 4.79 Å². The lowest BCUT2D eigenvalue weighted by atomic mass is 9.82. The fraction of sp³-hybridized carbons (Fsp3) is 0.533. The summed E-state index contributed by atoms with van der Waals surface area (Å²) in [5.74, 6) is -1.50. The van der Waals surface area contributed by atoms with Gasteiger partial charge < -0.3 is 10.2 Å². The Kier molecular flexibility index (Phi) is 4.52. The first-order valence-electron chi connectivity index (χ1n) is 6.22. The molecule has 1 aromatic rings. The van der Waals surface area contributed by atoms with Crippen molar-refractivity contribution in [2.75, 3.05) is 6.61 Å². The van der Waals surface area contributed by atoms with Crippen LogP contribution in [0.15, 0.2) is 18.2 Å². The zero-order valence-electron chi connectivity index (χ0n) is 11.5. The van der Waals surface area contributed by atoms with Crippen LogP contribution in [0.3, 0.4) is 0 Å². The summed E-state index contributed by atoms with van der Waals surface area (Å²) < 4.78 is 0. The number of carboxylic acid groups (broad SMARTS) is 1. The normalized spacial score (nSPS) is 13.4. The number of benzene rings is 1. The lowest BCUT2D eigenvalue weighted by molar-refractivity contribution is -0.139. The van der Waals surface area contributed by atoms with E-state index in [1.807, 2.05) is 25.1 Å². The van der Waals surface area contributed by atoms with Gasteiger partial charge in [-0.1, -0.05) is 39.0 Å². The molecular formula is C15H22O3. The lowest BCUT2D eigenvalue weighted by Crippen LogP contribution is -2.17. The van der Waals surface area contributed by atoms with Gasteiger partial charge in [-0.15, -0.1) is 0 Å². The van der Waals surface area contributed by atoms with Crippen LogP contribution < -0.4 is 0 Å².